The number of rotatable bonds is 6. The molecule has 118 valence electrons. The van der Waals surface area contributed by atoms with Crippen LogP contribution in [-0.2, 0) is 6.42 Å². The first-order chi connectivity index (χ1) is 11.3. The smallest absolute Gasteiger partial charge is 0.256 e. The summed E-state index contributed by atoms with van der Waals surface area (Å²) in [6, 6.07) is 11.3. The molecular formula is C17H18N4O2. The molecule has 0 unspecified atom stereocenters. The number of carbonyl (C=O) groups excluding carboxylic acids is 1. The van der Waals surface area contributed by atoms with Gasteiger partial charge in [0.25, 0.3) is 5.91 Å². The van der Waals surface area contributed by atoms with Gasteiger partial charge in [-0.05, 0) is 31.2 Å². The molecule has 3 aromatic rings. The number of aromatic amines is 1. The van der Waals surface area contributed by atoms with E-state index >= 15 is 0 Å². The Hall–Kier alpha value is -2.89. The van der Waals surface area contributed by atoms with Crippen molar-refractivity contribution >= 4 is 16.9 Å². The summed E-state index contributed by atoms with van der Waals surface area (Å²) in [5.41, 5.74) is 2.37. The van der Waals surface area contributed by atoms with Crippen molar-refractivity contribution in [2.24, 2.45) is 0 Å². The van der Waals surface area contributed by atoms with Crippen LogP contribution in [0.1, 0.15) is 23.1 Å². The molecule has 0 saturated carbocycles. The molecule has 0 aliphatic carbocycles. The maximum absolute atomic E-state index is 12.2. The average Bonchev–Trinajstić information content (AvgIpc) is 2.98. The minimum Gasteiger partial charge on any atom is -0.477 e. The van der Waals surface area contributed by atoms with Gasteiger partial charge in [-0.25, -0.2) is 9.97 Å². The van der Waals surface area contributed by atoms with E-state index in [0.717, 1.165) is 16.9 Å². The number of fused-ring (bicyclic) bond motifs is 1. The first-order valence-electron chi connectivity index (χ1n) is 7.57. The summed E-state index contributed by atoms with van der Waals surface area (Å²) in [6.07, 6.45) is 2.24. The molecule has 0 saturated heterocycles. The van der Waals surface area contributed by atoms with Gasteiger partial charge < -0.3 is 15.0 Å². The van der Waals surface area contributed by atoms with E-state index in [-0.39, 0.29) is 5.91 Å². The molecule has 2 aromatic heterocycles. The average molecular weight is 310 g/mol. The maximum Gasteiger partial charge on any atom is 0.256 e. The zero-order valence-corrected chi connectivity index (χ0v) is 12.9. The highest BCUT2D eigenvalue weighted by Gasteiger charge is 2.13. The van der Waals surface area contributed by atoms with Crippen molar-refractivity contribution in [1.82, 2.24) is 20.3 Å². The van der Waals surface area contributed by atoms with Gasteiger partial charge in [-0.3, -0.25) is 4.79 Å². The van der Waals surface area contributed by atoms with Crippen LogP contribution in [0.4, 0.5) is 0 Å². The monoisotopic (exact) mass is 310 g/mol. The van der Waals surface area contributed by atoms with Gasteiger partial charge in [0.1, 0.15) is 11.4 Å². The minimum atomic E-state index is -0.197. The van der Waals surface area contributed by atoms with Gasteiger partial charge in [0, 0.05) is 19.2 Å². The molecule has 3 rings (SSSR count). The van der Waals surface area contributed by atoms with Crippen LogP contribution >= 0.6 is 0 Å². The van der Waals surface area contributed by atoms with E-state index in [1.807, 2.05) is 31.2 Å². The normalized spacial score (nSPS) is 10.7. The van der Waals surface area contributed by atoms with Gasteiger partial charge in [-0.15, -0.1) is 0 Å². The van der Waals surface area contributed by atoms with Crippen molar-refractivity contribution < 1.29 is 9.53 Å². The first kappa shape index (κ1) is 15.0. The van der Waals surface area contributed by atoms with Crippen molar-refractivity contribution in [2.45, 2.75) is 13.3 Å². The summed E-state index contributed by atoms with van der Waals surface area (Å²) in [5, 5.41) is 2.87. The summed E-state index contributed by atoms with van der Waals surface area (Å²) in [5.74, 6) is 1.01. The van der Waals surface area contributed by atoms with Crippen LogP contribution in [0.15, 0.2) is 42.6 Å². The fourth-order valence-electron chi connectivity index (χ4n) is 2.33. The number of benzene rings is 1. The number of nitrogens with zero attached hydrogens (tertiary/aromatic N) is 2. The van der Waals surface area contributed by atoms with Crippen molar-refractivity contribution in [3.8, 4) is 5.88 Å². The fraction of sp³-hybridized carbons (Fsp3) is 0.235. The Morgan fingerprint density at radius 3 is 2.96 bits per heavy atom. The summed E-state index contributed by atoms with van der Waals surface area (Å²) >= 11 is 0. The summed E-state index contributed by atoms with van der Waals surface area (Å²) in [7, 11) is 0. The van der Waals surface area contributed by atoms with Crippen LogP contribution in [0.5, 0.6) is 5.88 Å². The highest BCUT2D eigenvalue weighted by Crippen LogP contribution is 2.14. The minimum absolute atomic E-state index is 0.197. The van der Waals surface area contributed by atoms with E-state index in [1.165, 1.54) is 0 Å². The van der Waals surface area contributed by atoms with E-state index < -0.39 is 0 Å². The number of aromatic nitrogens is 3. The van der Waals surface area contributed by atoms with Crippen molar-refractivity contribution in [3.05, 3.63) is 54.0 Å². The number of amides is 1. The van der Waals surface area contributed by atoms with Crippen molar-refractivity contribution in [3.63, 3.8) is 0 Å². The zero-order valence-electron chi connectivity index (χ0n) is 12.9. The van der Waals surface area contributed by atoms with Crippen molar-refractivity contribution in [1.29, 1.82) is 0 Å². The summed E-state index contributed by atoms with van der Waals surface area (Å²) < 4.78 is 5.37. The molecule has 2 heterocycles. The number of hydrogen-bond donors (Lipinski definition) is 2. The number of hydrogen-bond acceptors (Lipinski definition) is 4. The van der Waals surface area contributed by atoms with Crippen LogP contribution in [0.2, 0.25) is 0 Å². The predicted molar refractivity (Wildman–Crippen MR) is 87.5 cm³/mol. The molecule has 6 heteroatoms. The molecule has 2 N–H and O–H groups in total. The number of nitrogens with one attached hydrogen (secondary N) is 2. The molecule has 6 nitrogen and oxygen atoms in total. The second-order valence-electron chi connectivity index (χ2n) is 5.00. The molecule has 23 heavy (non-hydrogen) atoms. The lowest BCUT2D eigenvalue weighted by Gasteiger charge is -2.08. The molecular weight excluding hydrogens is 292 g/mol. The third-order valence-electron chi connectivity index (χ3n) is 3.38. The maximum atomic E-state index is 12.2. The molecule has 0 fully saturated rings. The van der Waals surface area contributed by atoms with Gasteiger partial charge in [0.05, 0.1) is 17.6 Å². The number of imidazole rings is 1. The van der Waals surface area contributed by atoms with Gasteiger partial charge in [-0.2, -0.15) is 0 Å². The van der Waals surface area contributed by atoms with Crippen molar-refractivity contribution in [2.75, 3.05) is 13.2 Å². The van der Waals surface area contributed by atoms with Crippen LogP contribution in [-0.4, -0.2) is 34.0 Å². The molecule has 1 amide bonds. The topological polar surface area (TPSA) is 79.9 Å². The van der Waals surface area contributed by atoms with Crippen LogP contribution in [0, 0.1) is 0 Å². The van der Waals surface area contributed by atoms with E-state index in [0.29, 0.717) is 31.0 Å². The molecule has 0 bridgehead atoms. The standard InChI is InChI=1S/C17H18N4O2/c1-2-23-17-12(6-5-10-19-17)16(22)18-11-9-15-20-13-7-3-4-8-14(13)21-15/h3-8,10H,2,9,11H2,1H3,(H,18,22)(H,20,21). The molecule has 0 spiro atoms. The van der Waals surface area contributed by atoms with E-state index in [2.05, 4.69) is 20.3 Å². The lowest BCUT2D eigenvalue weighted by atomic mass is 10.2. The Bertz CT molecular complexity index is 780. The lowest BCUT2D eigenvalue weighted by Crippen LogP contribution is -2.26. The number of pyridine rings is 1. The van der Waals surface area contributed by atoms with Gasteiger partial charge >= 0.3 is 0 Å². The van der Waals surface area contributed by atoms with E-state index in [1.54, 1.807) is 18.3 Å². The largest absolute Gasteiger partial charge is 0.477 e. The SMILES string of the molecule is CCOc1ncccc1C(=O)NCCc1nc2ccccc2[nH]1. The Balaban J connectivity index is 1.61. The number of ether oxygens (including phenoxy) is 1. The Kier molecular flexibility index (Phi) is 4.52. The van der Waals surface area contributed by atoms with Crippen LogP contribution < -0.4 is 10.1 Å². The van der Waals surface area contributed by atoms with E-state index in [4.69, 9.17) is 4.74 Å². The van der Waals surface area contributed by atoms with E-state index in [9.17, 15) is 4.79 Å². The summed E-state index contributed by atoms with van der Waals surface area (Å²) in [6.45, 7) is 2.81. The molecule has 0 atom stereocenters. The molecule has 1 aromatic carbocycles. The quantitative estimate of drug-likeness (QED) is 0.732. The number of H-pyrrole nitrogens is 1. The number of carbonyl (C=O) groups is 1. The molecule has 0 aliphatic rings. The first-order valence-corrected chi connectivity index (χ1v) is 7.57. The number of para-hydroxylation sites is 2. The third-order valence-corrected chi connectivity index (χ3v) is 3.38. The van der Waals surface area contributed by atoms with Gasteiger partial charge in [0.15, 0.2) is 0 Å². The molecule has 0 aliphatic heterocycles. The fourth-order valence-corrected chi connectivity index (χ4v) is 2.33. The van der Waals surface area contributed by atoms with Gasteiger partial charge in [-0.1, -0.05) is 12.1 Å². The van der Waals surface area contributed by atoms with Crippen LogP contribution in [0.3, 0.4) is 0 Å². The third kappa shape index (κ3) is 3.48. The second-order valence-corrected chi connectivity index (χ2v) is 5.00. The Labute approximate surface area is 133 Å². The predicted octanol–water partition coefficient (Wildman–Crippen LogP) is 2.33. The lowest BCUT2D eigenvalue weighted by molar-refractivity contribution is 0.0949. The van der Waals surface area contributed by atoms with Gasteiger partial charge in [0.2, 0.25) is 5.88 Å². The van der Waals surface area contributed by atoms with Crippen LogP contribution in [0.25, 0.3) is 11.0 Å². The molecule has 0 radical (unpaired) electrons. The highest BCUT2D eigenvalue weighted by atomic mass is 16.5. The zero-order chi connectivity index (χ0) is 16.1. The Morgan fingerprint density at radius 2 is 2.13 bits per heavy atom. The Morgan fingerprint density at radius 1 is 1.26 bits per heavy atom. The second kappa shape index (κ2) is 6.91. The highest BCUT2D eigenvalue weighted by molar-refractivity contribution is 5.96. The summed E-state index contributed by atoms with van der Waals surface area (Å²) in [4.78, 5) is 24.1.